The molecule has 5 heterocycles. The molecule has 1 aliphatic heterocycles. The molecule has 4 aromatic heterocycles. The minimum Gasteiger partial charge on any atom is -0.375 e. The van der Waals surface area contributed by atoms with Gasteiger partial charge in [-0.25, -0.2) is 9.97 Å². The third-order valence-corrected chi connectivity index (χ3v) is 6.40. The highest BCUT2D eigenvalue weighted by Crippen LogP contribution is 2.41. The summed E-state index contributed by atoms with van der Waals surface area (Å²) in [4.78, 5) is 16.4. The molecule has 0 aromatic carbocycles. The zero-order valence-corrected chi connectivity index (χ0v) is 15.9. The Hall–Kier alpha value is -3.00. The van der Waals surface area contributed by atoms with Gasteiger partial charge >= 0.3 is 0 Å². The van der Waals surface area contributed by atoms with Crippen molar-refractivity contribution < 1.29 is 9.13 Å². The number of nitrogens with zero attached hydrogens (tertiary/aromatic N) is 4. The number of fused-ring (bicyclic) bond motifs is 2. The summed E-state index contributed by atoms with van der Waals surface area (Å²) in [5.41, 5.74) is 3.31. The topological polar surface area (TPSA) is 80.1 Å². The van der Waals surface area contributed by atoms with E-state index >= 15 is 0 Å². The van der Waals surface area contributed by atoms with Crippen LogP contribution in [0, 0.1) is 5.95 Å². The quantitative estimate of drug-likeness (QED) is 0.552. The Morgan fingerprint density at radius 2 is 2.03 bits per heavy atom. The van der Waals surface area contributed by atoms with Gasteiger partial charge in [0.15, 0.2) is 0 Å². The van der Waals surface area contributed by atoms with Crippen molar-refractivity contribution >= 4 is 22.6 Å². The van der Waals surface area contributed by atoms with Gasteiger partial charge in [-0.05, 0) is 44.2 Å². The number of aromatic amines is 1. The molecular formula is C21H21FN6O. The zero-order valence-electron chi connectivity index (χ0n) is 15.9. The Bertz CT molecular complexity index is 1200. The summed E-state index contributed by atoms with van der Waals surface area (Å²) < 4.78 is 21.1. The van der Waals surface area contributed by atoms with Gasteiger partial charge in [0.2, 0.25) is 11.9 Å². The lowest BCUT2D eigenvalue weighted by atomic mass is 9.77. The molecule has 1 aliphatic carbocycles. The number of pyridine rings is 1. The number of nitrogens with one attached hydrogen (secondary N) is 2. The van der Waals surface area contributed by atoms with E-state index in [4.69, 9.17) is 4.74 Å². The molecule has 6 rings (SSSR count). The maximum Gasteiger partial charge on any atom is 0.224 e. The molecule has 7 nitrogen and oxygen atoms in total. The van der Waals surface area contributed by atoms with Crippen molar-refractivity contribution in [2.45, 2.75) is 43.7 Å². The summed E-state index contributed by atoms with van der Waals surface area (Å²) in [5.74, 6) is 0.253. The Morgan fingerprint density at radius 3 is 2.83 bits per heavy atom. The van der Waals surface area contributed by atoms with Gasteiger partial charge in [-0.1, -0.05) is 0 Å². The summed E-state index contributed by atoms with van der Waals surface area (Å²) in [6.45, 7) is 0.910. The first-order valence-corrected chi connectivity index (χ1v) is 10.1. The first-order valence-electron chi connectivity index (χ1n) is 10.1. The molecule has 1 spiro atoms. The molecule has 1 saturated heterocycles. The van der Waals surface area contributed by atoms with Crippen molar-refractivity contribution in [2.75, 3.05) is 11.9 Å². The molecule has 1 saturated carbocycles. The van der Waals surface area contributed by atoms with Crippen LogP contribution in [0.3, 0.4) is 0 Å². The lowest BCUT2D eigenvalue weighted by Crippen LogP contribution is -2.48. The third-order valence-electron chi connectivity index (χ3n) is 6.40. The van der Waals surface area contributed by atoms with Crippen LogP contribution in [0.2, 0.25) is 0 Å². The highest BCUT2D eigenvalue weighted by molar-refractivity contribution is 5.93. The van der Waals surface area contributed by atoms with Crippen LogP contribution in [0.1, 0.15) is 32.1 Å². The Balaban J connectivity index is 1.25. The lowest BCUT2D eigenvalue weighted by Gasteiger charge is -2.46. The lowest BCUT2D eigenvalue weighted by molar-refractivity contribution is -0.165. The Kier molecular flexibility index (Phi) is 3.64. The second-order valence-electron chi connectivity index (χ2n) is 8.09. The molecule has 0 bridgehead atoms. The average molecular weight is 392 g/mol. The molecule has 2 fully saturated rings. The maximum atomic E-state index is 13.9. The normalized spacial score (nSPS) is 24.2. The molecule has 0 radical (unpaired) electrons. The fourth-order valence-electron chi connectivity index (χ4n) is 4.58. The van der Waals surface area contributed by atoms with Crippen molar-refractivity contribution in [1.29, 1.82) is 0 Å². The number of hydrogen-bond donors (Lipinski definition) is 2. The predicted octanol–water partition coefficient (Wildman–Crippen LogP) is 3.93. The molecule has 2 aliphatic rings. The minimum atomic E-state index is -0.383. The van der Waals surface area contributed by atoms with Crippen LogP contribution >= 0.6 is 0 Å². The van der Waals surface area contributed by atoms with E-state index in [0.717, 1.165) is 54.5 Å². The van der Waals surface area contributed by atoms with Crippen LogP contribution in [-0.2, 0) is 4.74 Å². The van der Waals surface area contributed by atoms with Gasteiger partial charge in [-0.3, -0.25) is 4.40 Å². The number of ether oxygens (including phenoxy) is 1. The van der Waals surface area contributed by atoms with Crippen LogP contribution in [-0.4, -0.2) is 42.6 Å². The van der Waals surface area contributed by atoms with Gasteiger partial charge in [0.25, 0.3) is 0 Å². The number of halogens is 1. The van der Waals surface area contributed by atoms with E-state index in [1.165, 1.54) is 17.0 Å². The molecular weight excluding hydrogens is 371 g/mol. The summed E-state index contributed by atoms with van der Waals surface area (Å²) in [6, 6.07) is 4.11. The number of aromatic nitrogens is 5. The predicted molar refractivity (Wildman–Crippen MR) is 107 cm³/mol. The monoisotopic (exact) mass is 392 g/mol. The van der Waals surface area contributed by atoms with Gasteiger partial charge in [0.1, 0.15) is 11.3 Å². The zero-order chi connectivity index (χ0) is 19.4. The van der Waals surface area contributed by atoms with E-state index in [0.29, 0.717) is 17.6 Å². The van der Waals surface area contributed by atoms with Crippen LogP contribution in [0.25, 0.3) is 27.8 Å². The SMILES string of the molecule is Fc1cnc2ccc(-c3c[nH]c4nc(NC5CCC6(CCO6)CC5)ncc34)cn12. The largest absolute Gasteiger partial charge is 0.375 e. The minimum absolute atomic E-state index is 0.160. The van der Waals surface area contributed by atoms with Crippen LogP contribution in [0.4, 0.5) is 10.3 Å². The molecule has 0 atom stereocenters. The highest BCUT2D eigenvalue weighted by Gasteiger charge is 2.41. The van der Waals surface area contributed by atoms with Crippen LogP contribution in [0.15, 0.2) is 36.9 Å². The fourth-order valence-corrected chi connectivity index (χ4v) is 4.58. The molecule has 148 valence electrons. The molecule has 8 heteroatoms. The average Bonchev–Trinajstić information content (AvgIpc) is 3.30. The number of imidazole rings is 1. The second-order valence-corrected chi connectivity index (χ2v) is 8.09. The van der Waals surface area contributed by atoms with Crippen LogP contribution in [0.5, 0.6) is 0 Å². The van der Waals surface area contributed by atoms with E-state index in [9.17, 15) is 4.39 Å². The number of hydrogen-bond acceptors (Lipinski definition) is 5. The summed E-state index contributed by atoms with van der Waals surface area (Å²) in [6.07, 6.45) is 12.2. The van der Waals surface area contributed by atoms with Gasteiger partial charge < -0.3 is 15.0 Å². The van der Waals surface area contributed by atoms with E-state index in [1.807, 2.05) is 18.5 Å². The van der Waals surface area contributed by atoms with Crippen molar-refractivity contribution in [3.63, 3.8) is 0 Å². The van der Waals surface area contributed by atoms with Gasteiger partial charge in [-0.15, -0.1) is 0 Å². The highest BCUT2D eigenvalue weighted by atomic mass is 19.1. The molecule has 29 heavy (non-hydrogen) atoms. The van der Waals surface area contributed by atoms with Gasteiger partial charge in [0, 0.05) is 41.1 Å². The molecule has 0 amide bonds. The molecule has 4 aromatic rings. The fraction of sp³-hybridized carbons (Fsp3) is 0.381. The van der Waals surface area contributed by atoms with Gasteiger partial charge in [-0.2, -0.15) is 9.37 Å². The molecule has 0 unspecified atom stereocenters. The Morgan fingerprint density at radius 1 is 1.17 bits per heavy atom. The van der Waals surface area contributed by atoms with Crippen LogP contribution < -0.4 is 5.32 Å². The van der Waals surface area contributed by atoms with Crippen molar-refractivity contribution in [1.82, 2.24) is 24.3 Å². The standard InChI is InChI=1S/C21H21FN6O/c22-17-11-23-18-2-1-13(12-28(17)18)15-9-24-19-16(15)10-25-20(27-19)26-14-3-5-21(6-4-14)7-8-29-21/h1-2,9-12,14H,3-8H2,(H2,24,25,26,27). The number of anilines is 1. The smallest absolute Gasteiger partial charge is 0.224 e. The summed E-state index contributed by atoms with van der Waals surface area (Å²) >= 11 is 0. The number of H-pyrrole nitrogens is 1. The van der Waals surface area contributed by atoms with Crippen molar-refractivity contribution in [3.05, 3.63) is 42.9 Å². The second kappa shape index (κ2) is 6.25. The van der Waals surface area contributed by atoms with Crippen molar-refractivity contribution in [2.24, 2.45) is 0 Å². The van der Waals surface area contributed by atoms with Crippen molar-refractivity contribution in [3.8, 4) is 11.1 Å². The summed E-state index contributed by atoms with van der Waals surface area (Å²) in [7, 11) is 0. The van der Waals surface area contributed by atoms with Gasteiger partial charge in [0.05, 0.1) is 18.4 Å². The van der Waals surface area contributed by atoms with E-state index in [2.05, 4.69) is 25.3 Å². The first kappa shape index (κ1) is 16.9. The van der Waals surface area contributed by atoms with E-state index in [1.54, 1.807) is 12.3 Å². The summed E-state index contributed by atoms with van der Waals surface area (Å²) in [5, 5.41) is 4.38. The Labute approximate surface area is 166 Å². The first-order chi connectivity index (χ1) is 14.2. The third kappa shape index (κ3) is 2.78. The van der Waals surface area contributed by atoms with E-state index in [-0.39, 0.29) is 11.5 Å². The number of rotatable bonds is 3. The van der Waals surface area contributed by atoms with E-state index < -0.39 is 0 Å². The maximum absolute atomic E-state index is 13.9. The molecule has 2 N–H and O–H groups in total.